The molecular formula is C15H16Cl2FNS. The molecule has 1 aromatic heterocycles. The largest absolute Gasteiger partial charge is 0.306 e. The molecule has 108 valence electrons. The molecule has 0 radical (unpaired) electrons. The van der Waals surface area contributed by atoms with Gasteiger partial charge in [0.25, 0.3) is 0 Å². The zero-order valence-corrected chi connectivity index (χ0v) is 13.7. The van der Waals surface area contributed by atoms with E-state index in [1.165, 1.54) is 23.5 Å². The Kier molecular flexibility index (Phi) is 5.44. The lowest BCUT2D eigenvalue weighted by Gasteiger charge is -2.19. The van der Waals surface area contributed by atoms with Crippen LogP contribution in [0.25, 0.3) is 0 Å². The summed E-state index contributed by atoms with van der Waals surface area (Å²) in [5.41, 5.74) is 1.92. The Labute approximate surface area is 132 Å². The van der Waals surface area contributed by atoms with Gasteiger partial charge in [0, 0.05) is 9.90 Å². The van der Waals surface area contributed by atoms with Gasteiger partial charge in [0.05, 0.1) is 10.4 Å². The van der Waals surface area contributed by atoms with Crippen molar-refractivity contribution in [1.82, 2.24) is 5.32 Å². The van der Waals surface area contributed by atoms with Crippen LogP contribution in [-0.4, -0.2) is 6.54 Å². The molecule has 1 unspecified atom stereocenters. The Morgan fingerprint density at radius 3 is 2.60 bits per heavy atom. The van der Waals surface area contributed by atoms with E-state index in [9.17, 15) is 4.39 Å². The van der Waals surface area contributed by atoms with Crippen molar-refractivity contribution in [2.24, 2.45) is 0 Å². The Morgan fingerprint density at radius 2 is 2.05 bits per heavy atom. The number of aryl methyl sites for hydroxylation is 1. The summed E-state index contributed by atoms with van der Waals surface area (Å²) < 4.78 is 14.0. The number of hydrogen-bond acceptors (Lipinski definition) is 2. The predicted molar refractivity (Wildman–Crippen MR) is 85.6 cm³/mol. The molecular weight excluding hydrogens is 316 g/mol. The van der Waals surface area contributed by atoms with Crippen LogP contribution in [0.3, 0.4) is 0 Å². The molecule has 2 rings (SSSR count). The SMILES string of the molecule is CCCNC(c1cc(C)c(Cl)s1)c1ccc(F)cc1Cl. The molecule has 0 fully saturated rings. The molecule has 0 aliphatic carbocycles. The first kappa shape index (κ1) is 15.8. The third kappa shape index (κ3) is 3.53. The van der Waals surface area contributed by atoms with E-state index < -0.39 is 0 Å². The number of thiophene rings is 1. The van der Waals surface area contributed by atoms with Crippen LogP contribution in [0.15, 0.2) is 24.3 Å². The fourth-order valence-electron chi connectivity index (χ4n) is 2.01. The molecule has 0 bridgehead atoms. The van der Waals surface area contributed by atoms with Gasteiger partial charge in [0.1, 0.15) is 5.82 Å². The van der Waals surface area contributed by atoms with Crippen molar-refractivity contribution in [2.75, 3.05) is 6.54 Å². The monoisotopic (exact) mass is 331 g/mol. The van der Waals surface area contributed by atoms with E-state index in [4.69, 9.17) is 23.2 Å². The van der Waals surface area contributed by atoms with E-state index in [1.54, 1.807) is 6.07 Å². The molecule has 0 saturated heterocycles. The van der Waals surface area contributed by atoms with Crippen molar-refractivity contribution >= 4 is 34.5 Å². The van der Waals surface area contributed by atoms with Crippen LogP contribution >= 0.6 is 34.5 Å². The van der Waals surface area contributed by atoms with Crippen molar-refractivity contribution in [1.29, 1.82) is 0 Å². The van der Waals surface area contributed by atoms with Gasteiger partial charge in [-0.15, -0.1) is 11.3 Å². The van der Waals surface area contributed by atoms with E-state index in [2.05, 4.69) is 18.3 Å². The summed E-state index contributed by atoms with van der Waals surface area (Å²) in [6.07, 6.45) is 1.01. The minimum absolute atomic E-state index is 0.0563. The molecule has 0 amide bonds. The van der Waals surface area contributed by atoms with Gasteiger partial charge in [-0.2, -0.15) is 0 Å². The lowest BCUT2D eigenvalue weighted by molar-refractivity contribution is 0.599. The second-order valence-electron chi connectivity index (χ2n) is 4.66. The minimum atomic E-state index is -0.326. The van der Waals surface area contributed by atoms with Gasteiger partial charge in [0.2, 0.25) is 0 Å². The first-order valence-electron chi connectivity index (χ1n) is 6.47. The second kappa shape index (κ2) is 6.90. The molecule has 0 saturated carbocycles. The molecule has 1 aromatic carbocycles. The lowest BCUT2D eigenvalue weighted by atomic mass is 10.0. The minimum Gasteiger partial charge on any atom is -0.306 e. The third-order valence-corrected chi connectivity index (χ3v) is 4.98. The van der Waals surface area contributed by atoms with Gasteiger partial charge in [-0.25, -0.2) is 4.39 Å². The molecule has 1 heterocycles. The molecule has 2 aromatic rings. The molecule has 5 heteroatoms. The average Bonchev–Trinajstić information content (AvgIpc) is 2.72. The molecule has 1 N–H and O–H groups in total. The van der Waals surface area contributed by atoms with E-state index in [0.29, 0.717) is 5.02 Å². The zero-order valence-electron chi connectivity index (χ0n) is 11.3. The number of hydrogen-bond donors (Lipinski definition) is 1. The molecule has 20 heavy (non-hydrogen) atoms. The van der Waals surface area contributed by atoms with Crippen LogP contribution in [0.2, 0.25) is 9.36 Å². The predicted octanol–water partition coefficient (Wildman–Crippen LogP) is 5.59. The van der Waals surface area contributed by atoms with Crippen molar-refractivity contribution < 1.29 is 4.39 Å². The highest BCUT2D eigenvalue weighted by molar-refractivity contribution is 7.16. The van der Waals surface area contributed by atoms with Gasteiger partial charge in [-0.3, -0.25) is 0 Å². The van der Waals surface area contributed by atoms with Crippen LogP contribution in [-0.2, 0) is 0 Å². The van der Waals surface area contributed by atoms with Gasteiger partial charge < -0.3 is 5.32 Å². The van der Waals surface area contributed by atoms with Crippen molar-refractivity contribution in [2.45, 2.75) is 26.3 Å². The highest BCUT2D eigenvalue weighted by Crippen LogP contribution is 2.36. The first-order valence-corrected chi connectivity index (χ1v) is 8.04. The summed E-state index contributed by atoms with van der Waals surface area (Å²) in [5.74, 6) is -0.326. The van der Waals surface area contributed by atoms with Gasteiger partial charge >= 0.3 is 0 Å². The summed E-state index contributed by atoms with van der Waals surface area (Å²) in [6.45, 7) is 4.93. The van der Waals surface area contributed by atoms with E-state index in [-0.39, 0.29) is 11.9 Å². The number of benzene rings is 1. The van der Waals surface area contributed by atoms with Crippen LogP contribution in [0.5, 0.6) is 0 Å². The molecule has 1 atom stereocenters. The lowest BCUT2D eigenvalue weighted by Crippen LogP contribution is -2.22. The van der Waals surface area contributed by atoms with Crippen LogP contribution in [0.1, 0.15) is 35.4 Å². The molecule has 1 nitrogen and oxygen atoms in total. The summed E-state index contributed by atoms with van der Waals surface area (Å²) in [4.78, 5) is 1.09. The van der Waals surface area contributed by atoms with Crippen molar-refractivity contribution in [3.8, 4) is 0 Å². The van der Waals surface area contributed by atoms with Gasteiger partial charge in [0.15, 0.2) is 0 Å². The van der Waals surface area contributed by atoms with Crippen molar-refractivity contribution in [3.63, 3.8) is 0 Å². The smallest absolute Gasteiger partial charge is 0.124 e. The molecule has 0 aliphatic rings. The number of halogens is 3. The molecule has 0 aliphatic heterocycles. The maximum absolute atomic E-state index is 13.2. The maximum Gasteiger partial charge on any atom is 0.124 e. The Bertz CT molecular complexity index is 578. The standard InChI is InChI=1S/C15H16Cl2FNS/c1-3-6-19-14(13-7-9(2)15(17)20-13)11-5-4-10(18)8-12(11)16/h4-5,7-8,14,19H,3,6H2,1-2H3. The van der Waals surface area contributed by atoms with Gasteiger partial charge in [-0.1, -0.05) is 36.2 Å². The number of rotatable bonds is 5. The summed E-state index contributed by atoms with van der Waals surface area (Å²) in [6, 6.07) is 6.51. The maximum atomic E-state index is 13.2. The normalized spacial score (nSPS) is 12.7. The zero-order chi connectivity index (χ0) is 14.7. The summed E-state index contributed by atoms with van der Waals surface area (Å²) in [7, 11) is 0. The number of nitrogens with one attached hydrogen (secondary N) is 1. The van der Waals surface area contributed by atoms with E-state index in [0.717, 1.165) is 33.3 Å². The van der Waals surface area contributed by atoms with E-state index >= 15 is 0 Å². The summed E-state index contributed by atoms with van der Waals surface area (Å²) >= 11 is 13.9. The van der Waals surface area contributed by atoms with Crippen LogP contribution in [0, 0.1) is 12.7 Å². The quantitative estimate of drug-likeness (QED) is 0.752. The average molecular weight is 332 g/mol. The van der Waals surface area contributed by atoms with Crippen LogP contribution in [0.4, 0.5) is 4.39 Å². The third-order valence-electron chi connectivity index (χ3n) is 3.03. The summed E-state index contributed by atoms with van der Waals surface area (Å²) in [5, 5.41) is 3.88. The highest BCUT2D eigenvalue weighted by atomic mass is 35.5. The fraction of sp³-hybridized carbons (Fsp3) is 0.333. The molecule has 0 spiro atoms. The Morgan fingerprint density at radius 1 is 1.30 bits per heavy atom. The van der Waals surface area contributed by atoms with Crippen molar-refractivity contribution in [3.05, 3.63) is 55.4 Å². The van der Waals surface area contributed by atoms with Gasteiger partial charge in [-0.05, 0) is 49.2 Å². The Hall–Kier alpha value is -0.610. The van der Waals surface area contributed by atoms with Crippen LogP contribution < -0.4 is 5.32 Å². The second-order valence-corrected chi connectivity index (χ2v) is 6.75. The fourth-order valence-corrected chi connectivity index (χ4v) is 3.60. The topological polar surface area (TPSA) is 12.0 Å². The highest BCUT2D eigenvalue weighted by Gasteiger charge is 2.19. The van der Waals surface area contributed by atoms with E-state index in [1.807, 2.05) is 6.92 Å². The first-order chi connectivity index (χ1) is 9.52. The Balaban J connectivity index is 2.41.